The number of anilines is 1. The summed E-state index contributed by atoms with van der Waals surface area (Å²) in [6.45, 7) is 2.57. The molecule has 156 valence electrons. The van der Waals surface area contributed by atoms with Crippen molar-refractivity contribution in [1.82, 2.24) is 0 Å². The summed E-state index contributed by atoms with van der Waals surface area (Å²) in [5, 5.41) is 2.42. The lowest BCUT2D eigenvalue weighted by Crippen LogP contribution is -2.35. The minimum atomic E-state index is -0.814. The first-order chi connectivity index (χ1) is 15.1. The number of nitrogens with zero attached hydrogens (tertiary/aromatic N) is 1. The van der Waals surface area contributed by atoms with Crippen LogP contribution in [-0.4, -0.2) is 26.7 Å². The van der Waals surface area contributed by atoms with E-state index in [1.54, 1.807) is 26.0 Å². The number of methoxy groups -OCH3 is 2. The fraction of sp³-hybridized carbons (Fsp3) is 0.192. The summed E-state index contributed by atoms with van der Waals surface area (Å²) in [6, 6.07) is 18.5. The molecule has 4 nitrogen and oxygen atoms in total. The highest BCUT2D eigenvalue weighted by Crippen LogP contribution is 2.59. The number of fused-ring (bicyclic) bond motifs is 3. The molecule has 1 unspecified atom stereocenters. The predicted molar refractivity (Wildman–Crippen MR) is 128 cm³/mol. The molecule has 3 aromatic rings. The summed E-state index contributed by atoms with van der Waals surface area (Å²) in [5.41, 5.74) is 2.86. The number of carbonyl (C=O) groups excluding carboxylic acids is 1. The van der Waals surface area contributed by atoms with Crippen LogP contribution in [0.25, 0.3) is 16.8 Å². The topological polar surface area (TPSA) is 38.8 Å². The Morgan fingerprint density at radius 1 is 1.03 bits per heavy atom. The Labute approximate surface area is 186 Å². The van der Waals surface area contributed by atoms with Gasteiger partial charge >= 0.3 is 0 Å². The Morgan fingerprint density at radius 3 is 2.58 bits per heavy atom. The average Bonchev–Trinajstić information content (AvgIpc) is 3.32. The second-order valence-electron chi connectivity index (χ2n) is 7.60. The molecule has 1 spiro atoms. The maximum atomic E-state index is 13.6. The molecule has 2 heterocycles. The number of likely N-dealkylation sites (N-methyl/N-ethyl adjacent to an activating group) is 1. The average molecular weight is 430 g/mol. The van der Waals surface area contributed by atoms with E-state index < -0.39 is 4.75 Å². The van der Waals surface area contributed by atoms with Crippen LogP contribution in [0.4, 0.5) is 5.69 Å². The van der Waals surface area contributed by atoms with E-state index in [9.17, 15) is 4.79 Å². The standard InChI is InChI=1S/C26H23NO3S/c1-4-27-22-15-20(29-2)16-23(30-3)24(22)26(25(27)28)12-11-21(31-26)14-17-9-10-18-7-5-6-8-19(18)13-17/h5-16H,4H2,1-3H3/b21-14-. The lowest BCUT2D eigenvalue weighted by molar-refractivity contribution is -0.119. The monoisotopic (exact) mass is 429 g/mol. The Bertz CT molecular complexity index is 1260. The third-order valence-electron chi connectivity index (χ3n) is 5.90. The van der Waals surface area contributed by atoms with Crippen molar-refractivity contribution in [3.05, 3.63) is 82.8 Å². The molecule has 0 N–H and O–H groups in total. The Morgan fingerprint density at radius 2 is 1.84 bits per heavy atom. The number of carbonyl (C=O) groups is 1. The molecular weight excluding hydrogens is 406 g/mol. The van der Waals surface area contributed by atoms with Crippen molar-refractivity contribution in [3.8, 4) is 11.5 Å². The number of hydrogen-bond acceptors (Lipinski definition) is 4. The van der Waals surface area contributed by atoms with Gasteiger partial charge in [0.2, 0.25) is 0 Å². The summed E-state index contributed by atoms with van der Waals surface area (Å²) >= 11 is 1.57. The number of allylic oxidation sites excluding steroid dienone is 1. The summed E-state index contributed by atoms with van der Waals surface area (Å²) in [6.07, 6.45) is 6.20. The maximum absolute atomic E-state index is 13.6. The zero-order valence-corrected chi connectivity index (χ0v) is 18.5. The molecular formula is C26H23NO3S. The van der Waals surface area contributed by atoms with Crippen molar-refractivity contribution in [2.24, 2.45) is 0 Å². The molecule has 0 aliphatic carbocycles. The molecule has 3 aromatic carbocycles. The molecule has 5 rings (SSSR count). The number of ether oxygens (including phenoxy) is 2. The van der Waals surface area contributed by atoms with Crippen LogP contribution < -0.4 is 14.4 Å². The molecule has 1 atom stereocenters. The summed E-state index contributed by atoms with van der Waals surface area (Å²) in [7, 11) is 3.26. The van der Waals surface area contributed by atoms with Crippen LogP contribution in [0.2, 0.25) is 0 Å². The van der Waals surface area contributed by atoms with Crippen molar-refractivity contribution in [2.45, 2.75) is 11.7 Å². The number of thioether (sulfide) groups is 1. The quantitative estimate of drug-likeness (QED) is 0.528. The number of hydrogen-bond donors (Lipinski definition) is 0. The lowest BCUT2D eigenvalue weighted by Gasteiger charge is -2.21. The molecule has 0 aromatic heterocycles. The highest BCUT2D eigenvalue weighted by molar-refractivity contribution is 8.05. The van der Waals surface area contributed by atoms with Crippen LogP contribution in [0, 0.1) is 0 Å². The third kappa shape index (κ3) is 3.03. The van der Waals surface area contributed by atoms with Crippen LogP contribution in [0.5, 0.6) is 11.5 Å². The highest BCUT2D eigenvalue weighted by atomic mass is 32.2. The van der Waals surface area contributed by atoms with Crippen LogP contribution in [-0.2, 0) is 9.54 Å². The van der Waals surface area contributed by atoms with Gasteiger partial charge in [0.1, 0.15) is 16.2 Å². The van der Waals surface area contributed by atoms with Gasteiger partial charge in [-0.3, -0.25) is 4.79 Å². The van der Waals surface area contributed by atoms with E-state index in [4.69, 9.17) is 9.47 Å². The minimum absolute atomic E-state index is 0.0553. The Balaban J connectivity index is 1.58. The van der Waals surface area contributed by atoms with Gasteiger partial charge in [-0.15, -0.1) is 0 Å². The van der Waals surface area contributed by atoms with Crippen molar-refractivity contribution in [2.75, 3.05) is 25.7 Å². The van der Waals surface area contributed by atoms with Crippen molar-refractivity contribution < 1.29 is 14.3 Å². The molecule has 0 saturated carbocycles. The second-order valence-corrected chi connectivity index (χ2v) is 8.92. The van der Waals surface area contributed by atoms with Crippen molar-refractivity contribution >= 4 is 40.2 Å². The van der Waals surface area contributed by atoms with Crippen LogP contribution in [0.3, 0.4) is 0 Å². The fourth-order valence-corrected chi connectivity index (χ4v) is 5.76. The molecule has 0 fully saturated rings. The minimum Gasteiger partial charge on any atom is -0.497 e. The lowest BCUT2D eigenvalue weighted by atomic mass is 9.97. The van der Waals surface area contributed by atoms with Gasteiger partial charge in [0, 0.05) is 29.1 Å². The SMILES string of the molecule is CCN1C(=O)C2(C=C/C(=C/c3ccc4ccccc4c3)S2)c2c(OC)cc(OC)cc21. The van der Waals surface area contributed by atoms with Crippen molar-refractivity contribution in [3.63, 3.8) is 0 Å². The van der Waals surface area contributed by atoms with E-state index in [0.717, 1.165) is 21.7 Å². The van der Waals surface area contributed by atoms with Crippen LogP contribution in [0.1, 0.15) is 18.1 Å². The first-order valence-corrected chi connectivity index (χ1v) is 11.1. The van der Waals surface area contributed by atoms with Crippen LogP contribution in [0.15, 0.2) is 71.7 Å². The molecule has 0 bridgehead atoms. The molecule has 31 heavy (non-hydrogen) atoms. The zero-order chi connectivity index (χ0) is 21.6. The summed E-state index contributed by atoms with van der Waals surface area (Å²) in [5.74, 6) is 1.40. The van der Waals surface area contributed by atoms with E-state index in [1.165, 1.54) is 10.8 Å². The first kappa shape index (κ1) is 19.8. The predicted octanol–water partition coefficient (Wildman–Crippen LogP) is 5.76. The molecule has 0 saturated heterocycles. The molecule has 2 aliphatic heterocycles. The molecule has 5 heteroatoms. The first-order valence-electron chi connectivity index (χ1n) is 10.3. The zero-order valence-electron chi connectivity index (χ0n) is 17.7. The third-order valence-corrected chi connectivity index (χ3v) is 7.22. The summed E-state index contributed by atoms with van der Waals surface area (Å²) in [4.78, 5) is 16.5. The van der Waals surface area contributed by atoms with Gasteiger partial charge < -0.3 is 14.4 Å². The van der Waals surface area contributed by atoms with Gasteiger partial charge in [-0.05, 0) is 35.4 Å². The van der Waals surface area contributed by atoms with E-state index in [2.05, 4.69) is 36.4 Å². The largest absolute Gasteiger partial charge is 0.497 e. The number of amides is 1. The van der Waals surface area contributed by atoms with Crippen molar-refractivity contribution in [1.29, 1.82) is 0 Å². The number of benzene rings is 3. The highest BCUT2D eigenvalue weighted by Gasteiger charge is 2.54. The fourth-order valence-electron chi connectivity index (χ4n) is 4.41. The van der Waals surface area contributed by atoms with Gasteiger partial charge in [0.05, 0.1) is 19.9 Å². The van der Waals surface area contributed by atoms with Gasteiger partial charge in [-0.1, -0.05) is 60.3 Å². The van der Waals surface area contributed by atoms with Gasteiger partial charge in [0.25, 0.3) is 5.91 Å². The maximum Gasteiger partial charge on any atom is 0.252 e. The smallest absolute Gasteiger partial charge is 0.252 e. The van der Waals surface area contributed by atoms with Gasteiger partial charge in [0.15, 0.2) is 0 Å². The number of rotatable bonds is 4. The molecule has 1 amide bonds. The second kappa shape index (κ2) is 7.50. The summed E-state index contributed by atoms with van der Waals surface area (Å²) < 4.78 is 10.3. The molecule has 0 radical (unpaired) electrons. The normalized spacial score (nSPS) is 20.8. The van der Waals surface area contributed by atoms with E-state index >= 15 is 0 Å². The Hall–Kier alpha value is -3.18. The van der Waals surface area contributed by atoms with Crippen LogP contribution >= 0.6 is 11.8 Å². The molecule has 2 aliphatic rings. The van der Waals surface area contributed by atoms with E-state index in [1.807, 2.05) is 48.2 Å². The van der Waals surface area contributed by atoms with E-state index in [0.29, 0.717) is 18.0 Å². The Kier molecular flexibility index (Phi) is 4.78. The van der Waals surface area contributed by atoms with Gasteiger partial charge in [-0.2, -0.15) is 0 Å². The van der Waals surface area contributed by atoms with Gasteiger partial charge in [-0.25, -0.2) is 0 Å². The van der Waals surface area contributed by atoms with E-state index in [-0.39, 0.29) is 5.91 Å².